The van der Waals surface area contributed by atoms with Crippen LogP contribution in [0.15, 0.2) is 0 Å². The fourth-order valence-electron chi connectivity index (χ4n) is 1.68. The summed E-state index contributed by atoms with van der Waals surface area (Å²) in [6, 6.07) is 0.654. The maximum Gasteiger partial charge on any atom is 0.500 e. The molecule has 0 aliphatic heterocycles. The Morgan fingerprint density at radius 3 is 1.78 bits per heavy atom. The molecular weight excluding hydrogens is 252 g/mol. The van der Waals surface area contributed by atoms with Crippen LogP contribution in [0.4, 0.5) is 0 Å². The molecule has 18 heavy (non-hydrogen) atoms. The molecule has 0 aliphatic carbocycles. The number of hydrogen-bond donors (Lipinski definition) is 0. The molecule has 0 bridgehead atoms. The minimum Gasteiger partial charge on any atom is -0.466 e. The first-order valence-electron chi connectivity index (χ1n) is 6.71. The maximum atomic E-state index is 11.3. The molecule has 0 aromatic carbocycles. The van der Waals surface area contributed by atoms with Crippen LogP contribution in [0.3, 0.4) is 0 Å². The van der Waals surface area contributed by atoms with E-state index < -0.39 is 8.80 Å². The van der Waals surface area contributed by atoms with E-state index in [0.29, 0.717) is 45.3 Å². The Kier molecular flexibility index (Phi) is 10.2. The summed E-state index contributed by atoms with van der Waals surface area (Å²) in [6.07, 6.45) is 1.06. The van der Waals surface area contributed by atoms with Crippen LogP contribution in [0.25, 0.3) is 0 Å². The van der Waals surface area contributed by atoms with Crippen molar-refractivity contribution >= 4 is 14.8 Å². The van der Waals surface area contributed by atoms with Crippen LogP contribution in [0.2, 0.25) is 6.04 Å². The van der Waals surface area contributed by atoms with Crippen molar-refractivity contribution in [3.63, 3.8) is 0 Å². The first-order valence-corrected chi connectivity index (χ1v) is 8.64. The molecule has 6 heteroatoms. The van der Waals surface area contributed by atoms with Crippen LogP contribution in [-0.4, -0.2) is 41.2 Å². The molecule has 0 spiro atoms. The van der Waals surface area contributed by atoms with E-state index in [-0.39, 0.29) is 5.97 Å². The van der Waals surface area contributed by atoms with E-state index in [1.165, 1.54) is 0 Å². The number of esters is 1. The molecule has 0 amide bonds. The van der Waals surface area contributed by atoms with Gasteiger partial charge in [-0.1, -0.05) is 0 Å². The largest absolute Gasteiger partial charge is 0.500 e. The minimum absolute atomic E-state index is 0.176. The van der Waals surface area contributed by atoms with Gasteiger partial charge in [0.15, 0.2) is 0 Å². The third kappa shape index (κ3) is 7.10. The van der Waals surface area contributed by atoms with Gasteiger partial charge in [-0.05, 0) is 34.1 Å². The molecule has 0 rings (SSSR count). The monoisotopic (exact) mass is 278 g/mol. The van der Waals surface area contributed by atoms with E-state index in [2.05, 4.69) is 0 Å². The maximum absolute atomic E-state index is 11.3. The van der Waals surface area contributed by atoms with Gasteiger partial charge >= 0.3 is 14.8 Å². The first kappa shape index (κ1) is 17.6. The number of hydrogen-bond acceptors (Lipinski definition) is 5. The summed E-state index contributed by atoms with van der Waals surface area (Å²) in [5.74, 6) is -0.176. The van der Waals surface area contributed by atoms with Crippen molar-refractivity contribution < 1.29 is 22.8 Å². The van der Waals surface area contributed by atoms with Gasteiger partial charge in [0.1, 0.15) is 0 Å². The Morgan fingerprint density at radius 1 is 0.889 bits per heavy atom. The summed E-state index contributed by atoms with van der Waals surface area (Å²) in [5, 5.41) is 0. The van der Waals surface area contributed by atoms with Gasteiger partial charge in [-0.2, -0.15) is 0 Å². The molecular formula is C12H26O5Si. The Balaban J connectivity index is 4.24. The van der Waals surface area contributed by atoms with Crippen molar-refractivity contribution in [2.75, 3.05) is 26.4 Å². The highest BCUT2D eigenvalue weighted by atomic mass is 28.4. The SMILES string of the molecule is CCOC(=O)CCC[Si](OCC)(OCC)OCC. The molecule has 0 heterocycles. The quantitative estimate of drug-likeness (QED) is 0.429. The van der Waals surface area contributed by atoms with Gasteiger partial charge in [-0.3, -0.25) is 4.79 Å². The van der Waals surface area contributed by atoms with Crippen molar-refractivity contribution in [2.45, 2.75) is 46.6 Å². The van der Waals surface area contributed by atoms with Crippen molar-refractivity contribution in [3.05, 3.63) is 0 Å². The molecule has 0 unspecified atom stereocenters. The number of carbonyl (C=O) groups is 1. The average molecular weight is 278 g/mol. The average Bonchev–Trinajstić information content (AvgIpc) is 2.30. The molecule has 5 nitrogen and oxygen atoms in total. The van der Waals surface area contributed by atoms with E-state index in [9.17, 15) is 4.79 Å². The van der Waals surface area contributed by atoms with Crippen LogP contribution in [0.5, 0.6) is 0 Å². The normalized spacial score (nSPS) is 11.6. The lowest BCUT2D eigenvalue weighted by atomic mass is 10.3. The van der Waals surface area contributed by atoms with Gasteiger partial charge < -0.3 is 18.0 Å². The summed E-state index contributed by atoms with van der Waals surface area (Å²) >= 11 is 0. The molecule has 0 atom stereocenters. The zero-order valence-electron chi connectivity index (χ0n) is 12.0. The third-order valence-corrected chi connectivity index (χ3v) is 5.41. The van der Waals surface area contributed by atoms with E-state index >= 15 is 0 Å². The van der Waals surface area contributed by atoms with Crippen molar-refractivity contribution in [1.82, 2.24) is 0 Å². The smallest absolute Gasteiger partial charge is 0.466 e. The lowest BCUT2D eigenvalue weighted by Crippen LogP contribution is -2.46. The van der Waals surface area contributed by atoms with Crippen molar-refractivity contribution in [2.24, 2.45) is 0 Å². The molecule has 0 saturated heterocycles. The Labute approximate surface area is 111 Å². The van der Waals surface area contributed by atoms with Gasteiger partial charge in [-0.25, -0.2) is 0 Å². The fourth-order valence-corrected chi connectivity index (χ4v) is 4.30. The third-order valence-electron chi connectivity index (χ3n) is 2.26. The first-order chi connectivity index (χ1) is 8.64. The van der Waals surface area contributed by atoms with Gasteiger partial charge in [0.2, 0.25) is 0 Å². The summed E-state index contributed by atoms with van der Waals surface area (Å²) in [4.78, 5) is 11.3. The van der Waals surface area contributed by atoms with Gasteiger partial charge in [0.25, 0.3) is 0 Å². The predicted molar refractivity (Wildman–Crippen MR) is 71.3 cm³/mol. The second-order valence-corrected chi connectivity index (χ2v) is 6.37. The molecule has 0 saturated carbocycles. The Morgan fingerprint density at radius 2 is 1.39 bits per heavy atom. The van der Waals surface area contributed by atoms with Gasteiger partial charge in [-0.15, -0.1) is 0 Å². The standard InChI is InChI=1S/C12H26O5Si/c1-5-14-12(13)10-9-11-18(15-6-2,16-7-3)17-8-4/h5-11H2,1-4H3. The van der Waals surface area contributed by atoms with Crippen LogP contribution >= 0.6 is 0 Å². The highest BCUT2D eigenvalue weighted by molar-refractivity contribution is 6.60. The fraction of sp³-hybridized carbons (Fsp3) is 0.917. The van der Waals surface area contributed by atoms with Gasteiger partial charge in [0.05, 0.1) is 6.61 Å². The zero-order chi connectivity index (χ0) is 13.9. The molecule has 0 aromatic rings. The van der Waals surface area contributed by atoms with Crippen LogP contribution in [0.1, 0.15) is 40.5 Å². The number of ether oxygens (including phenoxy) is 1. The molecule has 0 aromatic heterocycles. The van der Waals surface area contributed by atoms with Crippen molar-refractivity contribution in [3.8, 4) is 0 Å². The Hall–Kier alpha value is -0.433. The van der Waals surface area contributed by atoms with E-state index in [1.807, 2.05) is 20.8 Å². The zero-order valence-corrected chi connectivity index (χ0v) is 13.0. The number of rotatable bonds is 11. The second-order valence-electron chi connectivity index (χ2n) is 3.64. The summed E-state index contributed by atoms with van der Waals surface area (Å²) in [6.45, 7) is 9.67. The lowest BCUT2D eigenvalue weighted by molar-refractivity contribution is -0.143. The molecule has 0 N–H and O–H groups in total. The van der Waals surface area contributed by atoms with Crippen molar-refractivity contribution in [1.29, 1.82) is 0 Å². The molecule has 0 fully saturated rings. The van der Waals surface area contributed by atoms with Crippen LogP contribution in [-0.2, 0) is 22.8 Å². The van der Waals surface area contributed by atoms with E-state index in [1.54, 1.807) is 6.92 Å². The predicted octanol–water partition coefficient (Wildman–Crippen LogP) is 2.38. The van der Waals surface area contributed by atoms with E-state index in [4.69, 9.17) is 18.0 Å². The topological polar surface area (TPSA) is 54.0 Å². The highest BCUT2D eigenvalue weighted by Gasteiger charge is 2.39. The minimum atomic E-state index is -2.59. The molecule has 108 valence electrons. The van der Waals surface area contributed by atoms with Crippen LogP contribution in [0, 0.1) is 0 Å². The summed E-state index contributed by atoms with van der Waals surface area (Å²) < 4.78 is 22.0. The molecule has 0 radical (unpaired) electrons. The second kappa shape index (κ2) is 10.5. The summed E-state index contributed by atoms with van der Waals surface area (Å²) in [7, 11) is -2.59. The highest BCUT2D eigenvalue weighted by Crippen LogP contribution is 2.19. The Bertz CT molecular complexity index is 205. The lowest BCUT2D eigenvalue weighted by Gasteiger charge is -2.28. The van der Waals surface area contributed by atoms with Gasteiger partial charge in [0, 0.05) is 32.3 Å². The van der Waals surface area contributed by atoms with Crippen LogP contribution < -0.4 is 0 Å². The number of carbonyl (C=O) groups excluding carboxylic acids is 1. The summed E-state index contributed by atoms with van der Waals surface area (Å²) in [5.41, 5.74) is 0. The molecule has 0 aliphatic rings. The van der Waals surface area contributed by atoms with E-state index in [0.717, 1.165) is 0 Å².